The van der Waals surface area contributed by atoms with Gasteiger partial charge in [0.1, 0.15) is 5.82 Å². The van der Waals surface area contributed by atoms with Crippen LogP contribution in [0.4, 0.5) is 24.9 Å². The first-order valence-corrected chi connectivity index (χ1v) is 5.37. The van der Waals surface area contributed by atoms with Gasteiger partial charge in [0, 0.05) is 19.3 Å². The fraction of sp³-hybridized carbons (Fsp3) is 0.600. The van der Waals surface area contributed by atoms with Crippen molar-refractivity contribution in [2.75, 3.05) is 23.7 Å². The number of rotatable bonds is 1. The molecule has 2 rings (SSSR count). The molecule has 94 valence electrons. The standard InChI is InChI=1S/C10H13F3N4/c11-10(12,13)7-2-5-17(6-3-7)8-1-4-15-9(14)16-8/h1,4,7H,2-3,5-6H2,(H2,14,15,16). The highest BCUT2D eigenvalue weighted by Gasteiger charge is 2.41. The van der Waals surface area contributed by atoms with Crippen LogP contribution in [0, 0.1) is 5.92 Å². The zero-order valence-electron chi connectivity index (χ0n) is 9.11. The molecule has 0 spiro atoms. The Labute approximate surface area is 96.7 Å². The summed E-state index contributed by atoms with van der Waals surface area (Å²) in [7, 11) is 0. The highest BCUT2D eigenvalue weighted by Crippen LogP contribution is 2.34. The minimum absolute atomic E-state index is 0.105. The first-order chi connectivity index (χ1) is 7.97. The van der Waals surface area contributed by atoms with E-state index in [1.165, 1.54) is 6.20 Å². The Morgan fingerprint density at radius 2 is 1.94 bits per heavy atom. The highest BCUT2D eigenvalue weighted by molar-refractivity contribution is 5.41. The first-order valence-electron chi connectivity index (χ1n) is 5.37. The molecule has 0 bridgehead atoms. The quantitative estimate of drug-likeness (QED) is 0.821. The number of aromatic nitrogens is 2. The predicted molar refractivity (Wildman–Crippen MR) is 57.4 cm³/mol. The summed E-state index contributed by atoms with van der Waals surface area (Å²) < 4.78 is 37.4. The van der Waals surface area contributed by atoms with Crippen molar-refractivity contribution in [1.82, 2.24) is 9.97 Å². The lowest BCUT2D eigenvalue weighted by Gasteiger charge is -2.33. The second-order valence-corrected chi connectivity index (χ2v) is 4.08. The van der Waals surface area contributed by atoms with Crippen LogP contribution < -0.4 is 10.6 Å². The van der Waals surface area contributed by atoms with Crippen LogP contribution in [0.15, 0.2) is 12.3 Å². The van der Waals surface area contributed by atoms with Crippen LogP contribution >= 0.6 is 0 Å². The third kappa shape index (κ3) is 2.78. The highest BCUT2D eigenvalue weighted by atomic mass is 19.4. The lowest BCUT2D eigenvalue weighted by molar-refractivity contribution is -0.179. The van der Waals surface area contributed by atoms with Crippen molar-refractivity contribution in [2.24, 2.45) is 5.92 Å². The van der Waals surface area contributed by atoms with Gasteiger partial charge in [-0.2, -0.15) is 18.2 Å². The third-order valence-corrected chi connectivity index (χ3v) is 2.94. The summed E-state index contributed by atoms with van der Waals surface area (Å²) in [5.41, 5.74) is 5.43. The van der Waals surface area contributed by atoms with Crippen molar-refractivity contribution in [2.45, 2.75) is 19.0 Å². The predicted octanol–water partition coefficient (Wildman–Crippen LogP) is 1.84. The van der Waals surface area contributed by atoms with Gasteiger partial charge in [0.2, 0.25) is 5.95 Å². The summed E-state index contributed by atoms with van der Waals surface area (Å²) in [5.74, 6) is -0.462. The van der Waals surface area contributed by atoms with Gasteiger partial charge in [0.15, 0.2) is 0 Å². The molecule has 2 heterocycles. The molecule has 4 nitrogen and oxygen atoms in total. The van der Waals surface area contributed by atoms with E-state index < -0.39 is 12.1 Å². The van der Waals surface area contributed by atoms with E-state index in [0.717, 1.165) is 0 Å². The summed E-state index contributed by atoms with van der Waals surface area (Å²) >= 11 is 0. The van der Waals surface area contributed by atoms with Crippen molar-refractivity contribution >= 4 is 11.8 Å². The van der Waals surface area contributed by atoms with Gasteiger partial charge in [-0.15, -0.1) is 0 Å². The topological polar surface area (TPSA) is 55.0 Å². The fourth-order valence-corrected chi connectivity index (χ4v) is 1.98. The molecule has 1 aromatic rings. The number of hydrogen-bond donors (Lipinski definition) is 1. The number of hydrogen-bond acceptors (Lipinski definition) is 4. The van der Waals surface area contributed by atoms with Gasteiger partial charge in [-0.05, 0) is 18.9 Å². The van der Waals surface area contributed by atoms with Gasteiger partial charge >= 0.3 is 6.18 Å². The number of nitrogens with two attached hydrogens (primary N) is 1. The lowest BCUT2D eigenvalue weighted by Crippen LogP contribution is -2.39. The molecule has 0 aromatic carbocycles. The van der Waals surface area contributed by atoms with Gasteiger partial charge < -0.3 is 10.6 Å². The lowest BCUT2D eigenvalue weighted by atomic mass is 9.96. The number of alkyl halides is 3. The largest absolute Gasteiger partial charge is 0.391 e. The van der Waals surface area contributed by atoms with Gasteiger partial charge in [-0.3, -0.25) is 0 Å². The van der Waals surface area contributed by atoms with E-state index in [1.54, 1.807) is 11.0 Å². The van der Waals surface area contributed by atoms with Crippen LogP contribution in [-0.2, 0) is 0 Å². The summed E-state index contributed by atoms with van der Waals surface area (Å²) in [6.45, 7) is 0.696. The Morgan fingerprint density at radius 3 is 2.47 bits per heavy atom. The Kier molecular flexibility index (Phi) is 3.08. The minimum atomic E-state index is -4.09. The molecule has 0 atom stereocenters. The third-order valence-electron chi connectivity index (χ3n) is 2.94. The molecule has 0 saturated carbocycles. The molecule has 0 amide bonds. The van der Waals surface area contributed by atoms with Crippen LogP contribution in [0.3, 0.4) is 0 Å². The van der Waals surface area contributed by atoms with Gasteiger partial charge in [-0.1, -0.05) is 0 Å². The summed E-state index contributed by atoms with van der Waals surface area (Å²) in [6, 6.07) is 1.66. The molecular weight excluding hydrogens is 233 g/mol. The average Bonchev–Trinajstić information content (AvgIpc) is 2.28. The van der Waals surface area contributed by atoms with Crippen LogP contribution in [-0.4, -0.2) is 29.2 Å². The molecule has 1 saturated heterocycles. The van der Waals surface area contributed by atoms with Gasteiger partial charge in [0.25, 0.3) is 0 Å². The summed E-state index contributed by atoms with van der Waals surface area (Å²) in [6.07, 6.45) is -2.37. The molecule has 2 N–H and O–H groups in total. The van der Waals surface area contributed by atoms with E-state index >= 15 is 0 Å². The Hall–Kier alpha value is -1.53. The number of anilines is 2. The van der Waals surface area contributed by atoms with Crippen molar-refractivity contribution in [3.8, 4) is 0 Å². The molecule has 0 unspecified atom stereocenters. The number of nitrogens with zero attached hydrogens (tertiary/aromatic N) is 3. The van der Waals surface area contributed by atoms with E-state index in [0.29, 0.717) is 18.9 Å². The summed E-state index contributed by atoms with van der Waals surface area (Å²) in [5, 5.41) is 0. The molecule has 1 fully saturated rings. The second-order valence-electron chi connectivity index (χ2n) is 4.08. The normalized spacial score (nSPS) is 18.4. The molecule has 0 radical (unpaired) electrons. The smallest absolute Gasteiger partial charge is 0.368 e. The fourth-order valence-electron chi connectivity index (χ4n) is 1.98. The zero-order chi connectivity index (χ0) is 12.5. The maximum atomic E-state index is 12.5. The van der Waals surface area contributed by atoms with Gasteiger partial charge in [-0.25, -0.2) is 4.98 Å². The minimum Gasteiger partial charge on any atom is -0.368 e. The summed E-state index contributed by atoms with van der Waals surface area (Å²) in [4.78, 5) is 9.55. The van der Waals surface area contributed by atoms with Crippen LogP contribution in [0.1, 0.15) is 12.8 Å². The van der Waals surface area contributed by atoms with E-state index in [9.17, 15) is 13.2 Å². The van der Waals surface area contributed by atoms with Crippen molar-refractivity contribution < 1.29 is 13.2 Å². The SMILES string of the molecule is Nc1nccc(N2CCC(C(F)(F)F)CC2)n1. The van der Waals surface area contributed by atoms with Crippen LogP contribution in [0.2, 0.25) is 0 Å². The maximum absolute atomic E-state index is 12.5. The molecular formula is C10H13F3N4. The Morgan fingerprint density at radius 1 is 1.29 bits per heavy atom. The number of nitrogen functional groups attached to an aromatic ring is 1. The average molecular weight is 246 g/mol. The maximum Gasteiger partial charge on any atom is 0.391 e. The van der Waals surface area contributed by atoms with Crippen molar-refractivity contribution in [1.29, 1.82) is 0 Å². The Bertz CT molecular complexity index is 385. The van der Waals surface area contributed by atoms with E-state index in [-0.39, 0.29) is 18.8 Å². The van der Waals surface area contributed by atoms with Crippen molar-refractivity contribution in [3.05, 3.63) is 12.3 Å². The van der Waals surface area contributed by atoms with E-state index in [2.05, 4.69) is 9.97 Å². The molecule has 1 aliphatic rings. The molecule has 1 aliphatic heterocycles. The van der Waals surface area contributed by atoms with Crippen LogP contribution in [0.25, 0.3) is 0 Å². The second kappa shape index (κ2) is 4.38. The monoisotopic (exact) mass is 246 g/mol. The van der Waals surface area contributed by atoms with E-state index in [1.807, 2.05) is 0 Å². The molecule has 17 heavy (non-hydrogen) atoms. The molecule has 1 aromatic heterocycles. The van der Waals surface area contributed by atoms with Crippen LogP contribution in [0.5, 0.6) is 0 Å². The molecule has 0 aliphatic carbocycles. The Balaban J connectivity index is 2.00. The van der Waals surface area contributed by atoms with Gasteiger partial charge in [0.05, 0.1) is 5.92 Å². The molecule has 7 heteroatoms. The first kappa shape index (κ1) is 11.9. The van der Waals surface area contributed by atoms with Crippen molar-refractivity contribution in [3.63, 3.8) is 0 Å². The zero-order valence-corrected chi connectivity index (χ0v) is 9.11. The number of halogens is 3. The number of piperidine rings is 1. The van der Waals surface area contributed by atoms with E-state index in [4.69, 9.17) is 5.73 Å².